The third-order valence-corrected chi connectivity index (χ3v) is 2.06. The summed E-state index contributed by atoms with van der Waals surface area (Å²) in [4.78, 5) is 11.7. The molecular weight excluding hydrogens is 208 g/mol. The predicted molar refractivity (Wildman–Crippen MR) is 61.4 cm³/mol. The van der Waals surface area contributed by atoms with Crippen LogP contribution >= 0.6 is 0 Å². The molecule has 1 aromatic carbocycles. The van der Waals surface area contributed by atoms with E-state index in [2.05, 4.69) is 5.32 Å². The highest BCUT2D eigenvalue weighted by molar-refractivity contribution is 5.99. The Hall–Kier alpha value is -1.75. The summed E-state index contributed by atoms with van der Waals surface area (Å²) in [6.45, 7) is 1.78. The molecule has 0 aliphatic carbocycles. The number of carbonyl (C=O) groups is 1. The Labute approximate surface area is 94.2 Å². The van der Waals surface area contributed by atoms with Gasteiger partial charge in [0.05, 0.1) is 18.8 Å². The Balaban J connectivity index is 2.81. The zero-order chi connectivity index (χ0) is 12.1. The smallest absolute Gasteiger partial charge is 0.253 e. The van der Waals surface area contributed by atoms with Crippen molar-refractivity contribution in [2.24, 2.45) is 0 Å². The third kappa shape index (κ3) is 3.13. The average molecular weight is 224 g/mol. The molecule has 0 spiro atoms. The van der Waals surface area contributed by atoms with Crippen molar-refractivity contribution in [1.29, 1.82) is 0 Å². The Bertz CT molecular complexity index is 377. The number of benzene rings is 1. The molecule has 1 amide bonds. The molecule has 0 radical (unpaired) electrons. The minimum absolute atomic E-state index is 0.190. The quantitative estimate of drug-likeness (QED) is 0.646. The van der Waals surface area contributed by atoms with Crippen LogP contribution in [0.1, 0.15) is 17.3 Å². The SMILES string of the molecule is COc1ccc(N)c(C(=O)NC[C@H](C)O)c1. The summed E-state index contributed by atoms with van der Waals surface area (Å²) < 4.78 is 5.00. The first-order valence-corrected chi connectivity index (χ1v) is 4.94. The van der Waals surface area contributed by atoms with Gasteiger partial charge in [-0.3, -0.25) is 4.79 Å². The number of aliphatic hydroxyl groups excluding tert-OH is 1. The van der Waals surface area contributed by atoms with Crippen molar-refractivity contribution in [3.05, 3.63) is 23.8 Å². The van der Waals surface area contributed by atoms with Crippen LogP contribution in [0.4, 0.5) is 5.69 Å². The number of nitrogen functional groups attached to an aromatic ring is 1. The Morgan fingerprint density at radius 2 is 2.31 bits per heavy atom. The lowest BCUT2D eigenvalue weighted by Crippen LogP contribution is -2.31. The first kappa shape index (κ1) is 12.3. The molecule has 0 aliphatic heterocycles. The van der Waals surface area contributed by atoms with Crippen LogP contribution in [-0.2, 0) is 0 Å². The first-order chi connectivity index (χ1) is 7.54. The number of amides is 1. The fraction of sp³-hybridized carbons (Fsp3) is 0.364. The van der Waals surface area contributed by atoms with Crippen LogP contribution in [0, 0.1) is 0 Å². The van der Waals surface area contributed by atoms with Crippen molar-refractivity contribution < 1.29 is 14.6 Å². The van der Waals surface area contributed by atoms with Crippen LogP contribution in [0.3, 0.4) is 0 Å². The predicted octanol–water partition coefficient (Wildman–Crippen LogP) is 0.388. The lowest BCUT2D eigenvalue weighted by atomic mass is 10.1. The lowest BCUT2D eigenvalue weighted by molar-refractivity contribution is 0.0924. The van der Waals surface area contributed by atoms with Crippen LogP contribution < -0.4 is 15.8 Å². The van der Waals surface area contributed by atoms with Crippen molar-refractivity contribution in [2.75, 3.05) is 19.4 Å². The number of ether oxygens (including phenoxy) is 1. The normalized spacial score (nSPS) is 11.9. The maximum atomic E-state index is 11.7. The van der Waals surface area contributed by atoms with E-state index < -0.39 is 6.10 Å². The van der Waals surface area contributed by atoms with Gasteiger partial charge in [0.2, 0.25) is 0 Å². The van der Waals surface area contributed by atoms with Crippen molar-refractivity contribution in [3.8, 4) is 5.75 Å². The van der Waals surface area contributed by atoms with Gasteiger partial charge < -0.3 is 20.9 Å². The summed E-state index contributed by atoms with van der Waals surface area (Å²) in [5.41, 5.74) is 6.40. The molecule has 0 aliphatic rings. The number of nitrogens with one attached hydrogen (secondary N) is 1. The molecule has 0 saturated carbocycles. The Morgan fingerprint density at radius 1 is 1.62 bits per heavy atom. The van der Waals surface area contributed by atoms with E-state index in [4.69, 9.17) is 15.6 Å². The number of rotatable bonds is 4. The van der Waals surface area contributed by atoms with Crippen molar-refractivity contribution in [2.45, 2.75) is 13.0 Å². The van der Waals surface area contributed by atoms with Gasteiger partial charge in [0.15, 0.2) is 0 Å². The monoisotopic (exact) mass is 224 g/mol. The van der Waals surface area contributed by atoms with Crippen molar-refractivity contribution in [3.63, 3.8) is 0 Å². The Morgan fingerprint density at radius 3 is 2.88 bits per heavy atom. The van der Waals surface area contributed by atoms with Crippen LogP contribution in [-0.4, -0.2) is 30.8 Å². The highest BCUT2D eigenvalue weighted by Gasteiger charge is 2.11. The molecule has 5 nitrogen and oxygen atoms in total. The van der Waals surface area contributed by atoms with E-state index in [1.165, 1.54) is 7.11 Å². The zero-order valence-corrected chi connectivity index (χ0v) is 9.36. The fourth-order valence-electron chi connectivity index (χ4n) is 1.19. The Kier molecular flexibility index (Phi) is 4.13. The molecule has 88 valence electrons. The molecule has 1 aromatic rings. The minimum atomic E-state index is -0.587. The number of methoxy groups -OCH3 is 1. The number of carbonyl (C=O) groups excluding carboxylic acids is 1. The number of anilines is 1. The fourth-order valence-corrected chi connectivity index (χ4v) is 1.19. The van der Waals surface area contributed by atoms with E-state index >= 15 is 0 Å². The second kappa shape index (κ2) is 5.37. The molecule has 16 heavy (non-hydrogen) atoms. The molecule has 1 atom stereocenters. The van der Waals surface area contributed by atoms with E-state index in [-0.39, 0.29) is 12.5 Å². The molecule has 5 heteroatoms. The molecule has 4 N–H and O–H groups in total. The van der Waals surface area contributed by atoms with Crippen LogP contribution in [0.2, 0.25) is 0 Å². The maximum Gasteiger partial charge on any atom is 0.253 e. The first-order valence-electron chi connectivity index (χ1n) is 4.94. The second-order valence-electron chi connectivity index (χ2n) is 3.51. The number of nitrogens with two attached hydrogens (primary N) is 1. The molecule has 0 unspecified atom stereocenters. The van der Waals surface area contributed by atoms with Gasteiger partial charge in [-0.25, -0.2) is 0 Å². The third-order valence-electron chi connectivity index (χ3n) is 2.06. The molecule has 0 fully saturated rings. The number of hydrogen-bond donors (Lipinski definition) is 3. The second-order valence-corrected chi connectivity index (χ2v) is 3.51. The molecule has 0 heterocycles. The van der Waals surface area contributed by atoms with Gasteiger partial charge >= 0.3 is 0 Å². The number of hydrogen-bond acceptors (Lipinski definition) is 4. The molecular formula is C11H16N2O3. The highest BCUT2D eigenvalue weighted by Crippen LogP contribution is 2.19. The average Bonchev–Trinajstić information content (AvgIpc) is 2.26. The minimum Gasteiger partial charge on any atom is -0.497 e. The molecule has 1 rings (SSSR count). The summed E-state index contributed by atoms with van der Waals surface area (Å²) in [5, 5.41) is 11.6. The van der Waals surface area contributed by atoms with E-state index in [9.17, 15) is 4.79 Å². The van der Waals surface area contributed by atoms with Gasteiger partial charge in [-0.2, -0.15) is 0 Å². The van der Waals surface area contributed by atoms with Crippen LogP contribution in [0.25, 0.3) is 0 Å². The molecule has 0 bridgehead atoms. The largest absolute Gasteiger partial charge is 0.497 e. The van der Waals surface area contributed by atoms with Gasteiger partial charge in [-0.1, -0.05) is 0 Å². The summed E-state index contributed by atoms with van der Waals surface area (Å²) in [6.07, 6.45) is -0.587. The van der Waals surface area contributed by atoms with Crippen molar-refractivity contribution in [1.82, 2.24) is 5.32 Å². The lowest BCUT2D eigenvalue weighted by Gasteiger charge is -2.10. The van der Waals surface area contributed by atoms with E-state index in [0.717, 1.165) is 0 Å². The number of aliphatic hydroxyl groups is 1. The van der Waals surface area contributed by atoms with Crippen molar-refractivity contribution >= 4 is 11.6 Å². The van der Waals surface area contributed by atoms with E-state index in [1.807, 2.05) is 0 Å². The summed E-state index contributed by atoms with van der Waals surface area (Å²) in [7, 11) is 1.52. The van der Waals surface area contributed by atoms with Gasteiger partial charge in [-0.05, 0) is 25.1 Å². The van der Waals surface area contributed by atoms with Gasteiger partial charge in [0, 0.05) is 12.2 Å². The van der Waals surface area contributed by atoms with E-state index in [1.54, 1.807) is 25.1 Å². The zero-order valence-electron chi connectivity index (χ0n) is 9.36. The van der Waals surface area contributed by atoms with E-state index in [0.29, 0.717) is 17.0 Å². The standard InChI is InChI=1S/C11H16N2O3/c1-7(14)6-13-11(15)9-5-8(16-2)3-4-10(9)12/h3-5,7,14H,6,12H2,1-2H3,(H,13,15)/t7-/m0/s1. The van der Waals surface area contributed by atoms with Gasteiger partial charge in [0.1, 0.15) is 5.75 Å². The summed E-state index contributed by atoms with van der Waals surface area (Å²) in [6, 6.07) is 4.85. The maximum absolute atomic E-state index is 11.7. The topological polar surface area (TPSA) is 84.6 Å². The summed E-state index contributed by atoms with van der Waals surface area (Å²) in [5.74, 6) is 0.244. The molecule has 0 aromatic heterocycles. The van der Waals surface area contributed by atoms with Crippen LogP contribution in [0.15, 0.2) is 18.2 Å². The van der Waals surface area contributed by atoms with Crippen LogP contribution in [0.5, 0.6) is 5.75 Å². The molecule has 0 saturated heterocycles. The summed E-state index contributed by atoms with van der Waals surface area (Å²) >= 11 is 0. The highest BCUT2D eigenvalue weighted by atomic mass is 16.5. The van der Waals surface area contributed by atoms with Gasteiger partial charge in [-0.15, -0.1) is 0 Å². The van der Waals surface area contributed by atoms with Gasteiger partial charge in [0.25, 0.3) is 5.91 Å².